The molecule has 4 nitrogen and oxygen atoms in total. The van der Waals surface area contributed by atoms with E-state index in [0.29, 0.717) is 30.5 Å². The zero-order valence-electron chi connectivity index (χ0n) is 17.4. The van der Waals surface area contributed by atoms with Gasteiger partial charge in [0.2, 0.25) is 0 Å². The van der Waals surface area contributed by atoms with Gasteiger partial charge in [-0.25, -0.2) is 0 Å². The van der Waals surface area contributed by atoms with Crippen molar-refractivity contribution in [1.29, 1.82) is 0 Å². The first kappa shape index (κ1) is 20.4. The Kier molecular flexibility index (Phi) is 6.71. The van der Waals surface area contributed by atoms with E-state index in [1.807, 2.05) is 91.0 Å². The lowest BCUT2D eigenvalue weighted by atomic mass is 10.1. The highest BCUT2D eigenvalue weighted by molar-refractivity contribution is 5.70. The molecule has 0 amide bonds. The Morgan fingerprint density at radius 2 is 1.29 bits per heavy atom. The number of rotatable bonds is 8. The Morgan fingerprint density at radius 3 is 1.97 bits per heavy atom. The Labute approximate surface area is 182 Å². The molecule has 4 rings (SSSR count). The van der Waals surface area contributed by atoms with Crippen molar-refractivity contribution in [3.63, 3.8) is 0 Å². The highest BCUT2D eigenvalue weighted by Gasteiger charge is 2.10. The average molecular weight is 409 g/mol. The molecule has 3 aromatic carbocycles. The molecule has 0 atom stereocenters. The third-order valence-electron chi connectivity index (χ3n) is 4.82. The van der Waals surface area contributed by atoms with E-state index < -0.39 is 0 Å². The van der Waals surface area contributed by atoms with E-state index in [0.717, 1.165) is 16.7 Å². The first-order chi connectivity index (χ1) is 15.3. The standard InChI is InChI=1S/C27H24N2O2/c1-21-10-8-9-15-24(21)16-17-25-18-26(30-19-22-11-4-2-5-12-22)27(29-28-25)31-20-23-13-6-3-7-14-23/h2-18H,19-20H2,1H3/b17-16+. The van der Waals surface area contributed by atoms with Gasteiger partial charge >= 0.3 is 0 Å². The van der Waals surface area contributed by atoms with Gasteiger partial charge in [0.25, 0.3) is 5.88 Å². The van der Waals surface area contributed by atoms with E-state index in [2.05, 4.69) is 29.3 Å². The van der Waals surface area contributed by atoms with Crippen molar-refractivity contribution < 1.29 is 9.47 Å². The summed E-state index contributed by atoms with van der Waals surface area (Å²) < 4.78 is 12.0. The lowest BCUT2D eigenvalue weighted by Crippen LogP contribution is -2.04. The minimum atomic E-state index is 0.382. The Bertz CT molecular complexity index is 1140. The van der Waals surface area contributed by atoms with Crippen LogP contribution in [0.4, 0.5) is 0 Å². The van der Waals surface area contributed by atoms with Crippen molar-refractivity contribution in [1.82, 2.24) is 10.2 Å². The van der Waals surface area contributed by atoms with Gasteiger partial charge in [0, 0.05) is 6.07 Å². The van der Waals surface area contributed by atoms with Crippen LogP contribution in [0.1, 0.15) is 27.9 Å². The quantitative estimate of drug-likeness (QED) is 0.353. The molecule has 0 radical (unpaired) electrons. The lowest BCUT2D eigenvalue weighted by molar-refractivity contribution is 0.244. The molecule has 4 heteroatoms. The van der Waals surface area contributed by atoms with Crippen LogP contribution in [0.5, 0.6) is 11.6 Å². The van der Waals surface area contributed by atoms with E-state index in [-0.39, 0.29) is 0 Å². The SMILES string of the molecule is Cc1ccccc1/C=C/c1cc(OCc2ccccc2)c(OCc2ccccc2)nn1. The average Bonchev–Trinajstić information content (AvgIpc) is 2.83. The van der Waals surface area contributed by atoms with Gasteiger partial charge in [0.05, 0.1) is 5.69 Å². The molecular weight excluding hydrogens is 384 g/mol. The first-order valence-electron chi connectivity index (χ1n) is 10.2. The highest BCUT2D eigenvalue weighted by atomic mass is 16.5. The molecule has 0 spiro atoms. The predicted molar refractivity (Wildman–Crippen MR) is 124 cm³/mol. The van der Waals surface area contributed by atoms with Crippen molar-refractivity contribution in [2.24, 2.45) is 0 Å². The molecule has 0 saturated carbocycles. The highest BCUT2D eigenvalue weighted by Crippen LogP contribution is 2.27. The summed E-state index contributed by atoms with van der Waals surface area (Å²) in [4.78, 5) is 0. The number of nitrogens with zero attached hydrogens (tertiary/aromatic N) is 2. The molecule has 0 N–H and O–H groups in total. The predicted octanol–water partition coefficient (Wildman–Crippen LogP) is 6.11. The maximum absolute atomic E-state index is 6.07. The fourth-order valence-corrected chi connectivity index (χ4v) is 3.07. The molecular formula is C27H24N2O2. The summed E-state index contributed by atoms with van der Waals surface area (Å²) in [5.74, 6) is 0.951. The molecule has 0 saturated heterocycles. The third-order valence-corrected chi connectivity index (χ3v) is 4.82. The molecule has 0 fully saturated rings. The minimum Gasteiger partial charge on any atom is -0.483 e. The number of aromatic nitrogens is 2. The van der Waals surface area contributed by atoms with E-state index in [1.54, 1.807) is 0 Å². The number of benzene rings is 3. The first-order valence-corrected chi connectivity index (χ1v) is 10.2. The summed E-state index contributed by atoms with van der Waals surface area (Å²) >= 11 is 0. The summed E-state index contributed by atoms with van der Waals surface area (Å²) in [6.07, 6.45) is 3.97. The monoisotopic (exact) mass is 408 g/mol. The van der Waals surface area contributed by atoms with Crippen molar-refractivity contribution in [3.05, 3.63) is 119 Å². The molecule has 154 valence electrons. The van der Waals surface area contributed by atoms with Crippen LogP contribution in [0.25, 0.3) is 12.2 Å². The molecule has 1 aromatic heterocycles. The van der Waals surface area contributed by atoms with Gasteiger partial charge in [0.1, 0.15) is 13.2 Å². The number of hydrogen-bond acceptors (Lipinski definition) is 4. The molecule has 0 aliphatic rings. The number of aryl methyl sites for hydroxylation is 1. The fourth-order valence-electron chi connectivity index (χ4n) is 3.07. The lowest BCUT2D eigenvalue weighted by Gasteiger charge is -2.12. The Hall–Kier alpha value is -3.92. The molecule has 4 aromatic rings. The van der Waals surface area contributed by atoms with Crippen molar-refractivity contribution in [2.75, 3.05) is 0 Å². The molecule has 0 unspecified atom stereocenters. The number of hydrogen-bond donors (Lipinski definition) is 0. The van der Waals surface area contributed by atoms with E-state index >= 15 is 0 Å². The fraction of sp³-hybridized carbons (Fsp3) is 0.111. The van der Waals surface area contributed by atoms with Crippen LogP contribution in [-0.4, -0.2) is 10.2 Å². The summed E-state index contributed by atoms with van der Waals surface area (Å²) in [6, 6.07) is 30.1. The maximum atomic E-state index is 6.07. The largest absolute Gasteiger partial charge is 0.483 e. The summed E-state index contributed by atoms with van der Waals surface area (Å²) in [6.45, 7) is 2.91. The van der Waals surface area contributed by atoms with Gasteiger partial charge in [-0.3, -0.25) is 0 Å². The number of ether oxygens (including phenoxy) is 2. The van der Waals surface area contributed by atoms with Gasteiger partial charge in [-0.2, -0.15) is 0 Å². The maximum Gasteiger partial charge on any atom is 0.276 e. The summed E-state index contributed by atoms with van der Waals surface area (Å²) in [7, 11) is 0. The molecule has 0 bridgehead atoms. The Morgan fingerprint density at radius 1 is 0.677 bits per heavy atom. The van der Waals surface area contributed by atoms with Crippen molar-refractivity contribution in [3.8, 4) is 11.6 Å². The minimum absolute atomic E-state index is 0.382. The zero-order valence-corrected chi connectivity index (χ0v) is 17.4. The van der Waals surface area contributed by atoms with Gasteiger partial charge in [-0.05, 0) is 35.3 Å². The summed E-state index contributed by atoms with van der Waals surface area (Å²) in [5.41, 5.74) is 5.18. The van der Waals surface area contributed by atoms with Crippen LogP contribution in [0.15, 0.2) is 91.0 Å². The van der Waals surface area contributed by atoms with Gasteiger partial charge in [-0.15, -0.1) is 10.2 Å². The van der Waals surface area contributed by atoms with Crippen molar-refractivity contribution in [2.45, 2.75) is 20.1 Å². The topological polar surface area (TPSA) is 44.2 Å². The second-order valence-corrected chi connectivity index (χ2v) is 7.18. The zero-order chi connectivity index (χ0) is 21.3. The van der Waals surface area contributed by atoms with Gasteiger partial charge in [0.15, 0.2) is 5.75 Å². The van der Waals surface area contributed by atoms with Crippen LogP contribution < -0.4 is 9.47 Å². The normalized spacial score (nSPS) is 10.9. The molecule has 31 heavy (non-hydrogen) atoms. The molecule has 1 heterocycles. The summed E-state index contributed by atoms with van der Waals surface area (Å²) in [5, 5.41) is 8.60. The van der Waals surface area contributed by atoms with E-state index in [4.69, 9.17) is 9.47 Å². The van der Waals surface area contributed by atoms with Crippen LogP contribution in [0.3, 0.4) is 0 Å². The van der Waals surface area contributed by atoms with Gasteiger partial charge in [-0.1, -0.05) is 91.0 Å². The Balaban J connectivity index is 1.55. The second-order valence-electron chi connectivity index (χ2n) is 7.18. The van der Waals surface area contributed by atoms with Crippen LogP contribution in [0.2, 0.25) is 0 Å². The third kappa shape index (κ3) is 5.80. The van der Waals surface area contributed by atoms with Crippen LogP contribution in [0, 0.1) is 6.92 Å². The molecule has 0 aliphatic heterocycles. The molecule has 0 aliphatic carbocycles. The smallest absolute Gasteiger partial charge is 0.276 e. The second kappa shape index (κ2) is 10.2. The van der Waals surface area contributed by atoms with Gasteiger partial charge < -0.3 is 9.47 Å². The van der Waals surface area contributed by atoms with E-state index in [9.17, 15) is 0 Å². The van der Waals surface area contributed by atoms with Crippen LogP contribution >= 0.6 is 0 Å². The van der Waals surface area contributed by atoms with Crippen molar-refractivity contribution >= 4 is 12.2 Å². The van der Waals surface area contributed by atoms with E-state index in [1.165, 1.54) is 5.56 Å². The van der Waals surface area contributed by atoms with Crippen LogP contribution in [-0.2, 0) is 13.2 Å².